The third-order valence-electron chi connectivity index (χ3n) is 2.18. The summed E-state index contributed by atoms with van der Waals surface area (Å²) in [5.74, 6) is 4.22. The van der Waals surface area contributed by atoms with Gasteiger partial charge in [-0.15, -0.1) is 0 Å². The molecule has 0 saturated carbocycles. The van der Waals surface area contributed by atoms with Crippen molar-refractivity contribution in [1.29, 1.82) is 0 Å². The van der Waals surface area contributed by atoms with E-state index in [0.717, 1.165) is 0 Å². The highest BCUT2D eigenvalue weighted by Gasteiger charge is 2.19. The van der Waals surface area contributed by atoms with E-state index < -0.39 is 8.94 Å². The van der Waals surface area contributed by atoms with Crippen molar-refractivity contribution in [3.05, 3.63) is 0 Å². The first-order valence-corrected chi connectivity index (χ1v) is 6.29. The lowest BCUT2D eigenvalue weighted by atomic mass is 10.6. The molecule has 0 bridgehead atoms. The smallest absolute Gasteiger partial charge is 0.00758 e. The van der Waals surface area contributed by atoms with E-state index in [1.54, 1.807) is 0 Å². The van der Waals surface area contributed by atoms with Crippen molar-refractivity contribution in [2.45, 2.75) is 19.1 Å². The van der Waals surface area contributed by atoms with Crippen LogP contribution in [0.1, 0.15) is 13.8 Å². The zero-order valence-corrected chi connectivity index (χ0v) is 8.01. The van der Waals surface area contributed by atoms with E-state index in [-0.39, 0.29) is 0 Å². The molecule has 0 aromatic carbocycles. The van der Waals surface area contributed by atoms with E-state index in [9.17, 15) is 0 Å². The Bertz CT molecular complexity index is 152. The molecule has 0 aliphatic rings. The standard InChI is InChI=1S/C7H19NS/c1-7(2)9(4,5,6)8-3/h7-8H,4H2,1-3,5-6H3. The molecule has 9 heavy (non-hydrogen) atoms. The highest BCUT2D eigenvalue weighted by molar-refractivity contribution is 8.44. The minimum absolute atomic E-state index is 0.645. The zero-order chi connectivity index (χ0) is 7.73. The van der Waals surface area contributed by atoms with Gasteiger partial charge < -0.3 is 0 Å². The van der Waals surface area contributed by atoms with Crippen molar-refractivity contribution in [2.75, 3.05) is 19.6 Å². The van der Waals surface area contributed by atoms with Crippen molar-refractivity contribution in [3.8, 4) is 0 Å². The van der Waals surface area contributed by atoms with Crippen molar-refractivity contribution in [2.24, 2.45) is 0 Å². The van der Waals surface area contributed by atoms with Gasteiger partial charge in [-0.05, 0) is 24.8 Å². The van der Waals surface area contributed by atoms with Crippen LogP contribution in [0.5, 0.6) is 0 Å². The normalized spacial score (nSPS) is 17.3. The molecule has 0 saturated heterocycles. The molecule has 0 atom stereocenters. The third kappa shape index (κ3) is 2.11. The Morgan fingerprint density at radius 2 is 1.67 bits per heavy atom. The van der Waals surface area contributed by atoms with Crippen molar-refractivity contribution in [3.63, 3.8) is 0 Å². The van der Waals surface area contributed by atoms with Crippen LogP contribution >= 0.6 is 8.94 Å². The summed E-state index contributed by atoms with van der Waals surface area (Å²) in [6.07, 6.45) is 4.45. The molecule has 0 aromatic rings. The van der Waals surface area contributed by atoms with Gasteiger partial charge in [0.15, 0.2) is 0 Å². The van der Waals surface area contributed by atoms with Gasteiger partial charge in [-0.2, -0.15) is 0 Å². The Kier molecular flexibility index (Phi) is 2.14. The molecule has 1 N–H and O–H groups in total. The Hall–Kier alpha value is 0.180. The Labute approximate surface area is 58.8 Å². The third-order valence-corrected chi connectivity index (χ3v) is 6.55. The molecule has 0 heterocycles. The second-order valence-electron chi connectivity index (χ2n) is 3.55. The average molecular weight is 149 g/mol. The van der Waals surface area contributed by atoms with Crippen LogP contribution in [0.15, 0.2) is 0 Å². The number of hydrogen-bond donors (Lipinski definition) is 1. The molecule has 0 aromatic heterocycles. The predicted molar refractivity (Wildman–Crippen MR) is 50.8 cm³/mol. The van der Waals surface area contributed by atoms with Gasteiger partial charge in [0, 0.05) is 0 Å². The van der Waals surface area contributed by atoms with Gasteiger partial charge in [0.2, 0.25) is 0 Å². The second-order valence-corrected chi connectivity index (χ2v) is 9.49. The molecule has 0 rings (SSSR count). The van der Waals surface area contributed by atoms with Crippen LogP contribution in [0.3, 0.4) is 0 Å². The molecule has 0 aliphatic carbocycles. The van der Waals surface area contributed by atoms with Crippen LogP contribution in [0, 0.1) is 0 Å². The van der Waals surface area contributed by atoms with Gasteiger partial charge in [-0.25, -0.2) is 8.94 Å². The van der Waals surface area contributed by atoms with Gasteiger partial charge in [-0.3, -0.25) is 4.72 Å². The summed E-state index contributed by atoms with van der Waals surface area (Å²) >= 11 is 0. The topological polar surface area (TPSA) is 12.0 Å². The zero-order valence-electron chi connectivity index (χ0n) is 7.19. The van der Waals surface area contributed by atoms with Crippen LogP contribution in [0.4, 0.5) is 0 Å². The second kappa shape index (κ2) is 2.10. The van der Waals surface area contributed by atoms with Crippen LogP contribution in [-0.4, -0.2) is 30.7 Å². The fraction of sp³-hybridized carbons (Fsp3) is 0.857. The highest BCUT2D eigenvalue weighted by Crippen LogP contribution is 2.48. The van der Waals surface area contributed by atoms with E-state index in [0.29, 0.717) is 5.25 Å². The summed E-state index contributed by atoms with van der Waals surface area (Å²) < 4.78 is 3.31. The molecule has 0 amide bonds. The minimum Gasteiger partial charge on any atom is -0.288 e. The highest BCUT2D eigenvalue weighted by atomic mass is 32.3. The first-order valence-electron chi connectivity index (χ1n) is 3.20. The first-order chi connectivity index (χ1) is 3.78. The minimum atomic E-state index is -1.48. The predicted octanol–water partition coefficient (Wildman–Crippen LogP) is 1.56. The van der Waals surface area contributed by atoms with Gasteiger partial charge in [-0.1, -0.05) is 19.7 Å². The number of hydrogen-bond acceptors (Lipinski definition) is 1. The number of nitrogens with one attached hydrogen (secondary N) is 1. The molecular formula is C7H19NS. The Morgan fingerprint density at radius 3 is 1.67 bits per heavy atom. The molecule has 58 valence electrons. The molecule has 0 fully saturated rings. The largest absolute Gasteiger partial charge is 0.288 e. The van der Waals surface area contributed by atoms with E-state index in [4.69, 9.17) is 0 Å². The lowest BCUT2D eigenvalue weighted by molar-refractivity contribution is 1.05. The molecule has 2 heteroatoms. The Morgan fingerprint density at radius 1 is 1.33 bits per heavy atom. The number of rotatable bonds is 2. The maximum Gasteiger partial charge on any atom is -0.00758 e. The van der Waals surface area contributed by atoms with E-state index in [1.165, 1.54) is 0 Å². The molecule has 0 aliphatic heterocycles. The summed E-state index contributed by atoms with van der Waals surface area (Å²) in [4.78, 5) is 0. The Balaban J connectivity index is 4.53. The van der Waals surface area contributed by atoms with Crippen LogP contribution in [0.25, 0.3) is 0 Å². The maximum absolute atomic E-state index is 4.22. The summed E-state index contributed by atoms with van der Waals surface area (Å²) in [6, 6.07) is 0. The fourth-order valence-electron chi connectivity index (χ4n) is 0.236. The lowest BCUT2D eigenvalue weighted by Crippen LogP contribution is -2.28. The van der Waals surface area contributed by atoms with Gasteiger partial charge in [0.05, 0.1) is 0 Å². The fourth-order valence-corrected chi connectivity index (χ4v) is 0.707. The van der Waals surface area contributed by atoms with Crippen LogP contribution < -0.4 is 4.72 Å². The van der Waals surface area contributed by atoms with Crippen LogP contribution in [-0.2, 0) is 0 Å². The maximum atomic E-state index is 4.22. The summed E-state index contributed by atoms with van der Waals surface area (Å²) in [5, 5.41) is 0.645. The molecular weight excluding hydrogens is 130 g/mol. The van der Waals surface area contributed by atoms with E-state index in [1.807, 2.05) is 7.05 Å². The summed E-state index contributed by atoms with van der Waals surface area (Å²) in [7, 11) is 0.514. The first kappa shape index (κ1) is 9.18. The van der Waals surface area contributed by atoms with Crippen molar-refractivity contribution < 1.29 is 0 Å². The van der Waals surface area contributed by atoms with Crippen molar-refractivity contribution in [1.82, 2.24) is 4.72 Å². The van der Waals surface area contributed by atoms with Gasteiger partial charge in [0.1, 0.15) is 0 Å². The summed E-state index contributed by atoms with van der Waals surface area (Å²) in [6.45, 7) is 4.43. The molecule has 0 unspecified atom stereocenters. The quantitative estimate of drug-likeness (QED) is 0.588. The van der Waals surface area contributed by atoms with Gasteiger partial charge in [0.25, 0.3) is 0 Å². The van der Waals surface area contributed by atoms with Crippen LogP contribution in [0.2, 0.25) is 0 Å². The van der Waals surface area contributed by atoms with Gasteiger partial charge >= 0.3 is 0 Å². The monoisotopic (exact) mass is 149 g/mol. The SMILES string of the molecule is C=S(C)(C)(NC)C(C)C. The molecule has 1 nitrogen and oxygen atoms in total. The van der Waals surface area contributed by atoms with E-state index >= 15 is 0 Å². The molecule has 0 spiro atoms. The average Bonchev–Trinajstić information content (AvgIpc) is 1.66. The van der Waals surface area contributed by atoms with Crippen molar-refractivity contribution >= 4 is 14.8 Å². The summed E-state index contributed by atoms with van der Waals surface area (Å²) in [5.41, 5.74) is 0. The lowest BCUT2D eigenvalue weighted by Gasteiger charge is -2.44. The molecule has 0 radical (unpaired) electrons. The van der Waals surface area contributed by atoms with E-state index in [2.05, 4.69) is 37.0 Å².